The molecule has 0 saturated carbocycles. The van der Waals surface area contributed by atoms with Crippen molar-refractivity contribution in [3.8, 4) is 0 Å². The molecule has 0 unspecified atom stereocenters. The molecule has 0 fully saturated rings. The van der Waals surface area contributed by atoms with Crippen molar-refractivity contribution in [1.82, 2.24) is 0 Å². The molecule has 0 amide bonds. The van der Waals surface area contributed by atoms with Crippen LogP contribution in [0.15, 0.2) is 24.3 Å². The van der Waals surface area contributed by atoms with Gasteiger partial charge in [0.15, 0.2) is 0 Å². The Morgan fingerprint density at radius 1 is 0.905 bits per heavy atom. The maximum absolute atomic E-state index is 12.0. The van der Waals surface area contributed by atoms with Crippen molar-refractivity contribution in [2.45, 2.75) is 78.1 Å². The number of benzene rings is 1. The van der Waals surface area contributed by atoms with Gasteiger partial charge in [-0.1, -0.05) is 0 Å². The van der Waals surface area contributed by atoms with Crippen LogP contribution < -0.4 is 4.46 Å². The van der Waals surface area contributed by atoms with Gasteiger partial charge in [-0.2, -0.15) is 0 Å². The summed E-state index contributed by atoms with van der Waals surface area (Å²) in [5.74, 6) is 0. The predicted octanol–water partition coefficient (Wildman–Crippen LogP) is 4.77. The topological polar surface area (TPSA) is 17.1 Å². The fourth-order valence-electron chi connectivity index (χ4n) is 2.42. The van der Waals surface area contributed by atoms with Crippen molar-refractivity contribution in [3.63, 3.8) is 0 Å². The van der Waals surface area contributed by atoms with Crippen molar-refractivity contribution >= 4 is 24.1 Å². The van der Waals surface area contributed by atoms with E-state index in [1.54, 1.807) is 0 Å². The molecule has 0 aromatic heterocycles. The van der Waals surface area contributed by atoms with Gasteiger partial charge in [-0.3, -0.25) is 0 Å². The van der Waals surface area contributed by atoms with Crippen LogP contribution in [0, 0.1) is 6.92 Å². The molecule has 0 radical (unpaired) electrons. The molecule has 0 heterocycles. The fraction of sp³-hybridized carbons (Fsp3) is 0.632. The van der Waals surface area contributed by atoms with Crippen LogP contribution in [0.25, 0.3) is 0 Å². The number of unbranched alkanes of at least 4 members (excludes halogenated alkanes) is 8. The second-order valence-corrected chi connectivity index (χ2v) is 8.12. The first-order chi connectivity index (χ1) is 10.2. The van der Waals surface area contributed by atoms with E-state index in [0.29, 0.717) is 4.68 Å². The molecule has 1 aromatic rings. The molecule has 0 spiro atoms. The van der Waals surface area contributed by atoms with E-state index in [1.165, 1.54) is 61.4 Å². The van der Waals surface area contributed by atoms with Gasteiger partial charge in [-0.25, -0.2) is 0 Å². The van der Waals surface area contributed by atoms with Crippen LogP contribution in [0.1, 0.15) is 76.7 Å². The van der Waals surface area contributed by atoms with Crippen LogP contribution >= 0.6 is 0 Å². The van der Waals surface area contributed by atoms with E-state index < -0.39 is 0 Å². The van der Waals surface area contributed by atoms with E-state index in [-0.39, 0.29) is 15.0 Å². The van der Waals surface area contributed by atoms with Gasteiger partial charge in [0.2, 0.25) is 0 Å². The summed E-state index contributed by atoms with van der Waals surface area (Å²) in [4.78, 5) is 12.0. The van der Waals surface area contributed by atoms with E-state index in [1.807, 2.05) is 12.1 Å². The van der Waals surface area contributed by atoms with Gasteiger partial charge in [0.25, 0.3) is 0 Å². The molecule has 2 heteroatoms. The molecule has 0 N–H and O–H groups in total. The molecular formula is C19H30OSe. The van der Waals surface area contributed by atoms with E-state index in [2.05, 4.69) is 26.0 Å². The third-order valence-electron chi connectivity index (χ3n) is 3.80. The summed E-state index contributed by atoms with van der Waals surface area (Å²) in [7, 11) is 0. The molecule has 1 aromatic carbocycles. The van der Waals surface area contributed by atoms with Crippen LogP contribution in [0.4, 0.5) is 0 Å². The molecule has 0 aliphatic carbocycles. The van der Waals surface area contributed by atoms with Crippen LogP contribution in [0.5, 0.6) is 0 Å². The van der Waals surface area contributed by atoms with Gasteiger partial charge < -0.3 is 0 Å². The van der Waals surface area contributed by atoms with Crippen molar-refractivity contribution in [2.24, 2.45) is 0 Å². The number of hydrogen-bond donors (Lipinski definition) is 0. The van der Waals surface area contributed by atoms with Crippen molar-refractivity contribution in [2.75, 3.05) is 0 Å². The van der Waals surface area contributed by atoms with E-state index in [4.69, 9.17) is 0 Å². The molecule has 0 saturated heterocycles. The first-order valence-electron chi connectivity index (χ1n) is 8.50. The first-order valence-corrected chi connectivity index (χ1v) is 10.2. The SMILES string of the molecule is CCCCCCCCCCCC(=O)[Se]c1ccccc1C. The molecule has 1 rings (SSSR count). The Morgan fingerprint density at radius 3 is 2.10 bits per heavy atom. The molecule has 1 nitrogen and oxygen atoms in total. The van der Waals surface area contributed by atoms with Crippen molar-refractivity contribution < 1.29 is 4.79 Å². The minimum atomic E-state index is 0.0193. The first kappa shape index (κ1) is 18.5. The van der Waals surface area contributed by atoms with E-state index in [9.17, 15) is 4.79 Å². The Kier molecular flexibility index (Phi) is 10.6. The van der Waals surface area contributed by atoms with E-state index >= 15 is 0 Å². The van der Waals surface area contributed by atoms with Gasteiger partial charge in [0.05, 0.1) is 0 Å². The average molecular weight is 353 g/mol. The van der Waals surface area contributed by atoms with E-state index in [0.717, 1.165) is 12.8 Å². The summed E-state index contributed by atoms with van der Waals surface area (Å²) in [5.41, 5.74) is 1.26. The third-order valence-corrected chi connectivity index (χ3v) is 6.13. The zero-order valence-electron chi connectivity index (χ0n) is 13.7. The molecule has 0 bridgehead atoms. The van der Waals surface area contributed by atoms with Gasteiger partial charge in [-0.15, -0.1) is 0 Å². The Morgan fingerprint density at radius 2 is 1.48 bits per heavy atom. The zero-order chi connectivity index (χ0) is 15.3. The van der Waals surface area contributed by atoms with Crippen molar-refractivity contribution in [1.29, 1.82) is 0 Å². The monoisotopic (exact) mass is 354 g/mol. The van der Waals surface area contributed by atoms with Crippen LogP contribution in [0.3, 0.4) is 0 Å². The maximum atomic E-state index is 12.0. The van der Waals surface area contributed by atoms with Crippen LogP contribution in [0.2, 0.25) is 0 Å². The average Bonchev–Trinajstić information content (AvgIpc) is 2.48. The quantitative estimate of drug-likeness (QED) is 0.391. The molecule has 0 aliphatic heterocycles. The normalized spacial score (nSPS) is 10.8. The van der Waals surface area contributed by atoms with Crippen LogP contribution in [-0.2, 0) is 4.79 Å². The summed E-state index contributed by atoms with van der Waals surface area (Å²) in [5, 5.41) is 0. The Balaban J connectivity index is 2.00. The van der Waals surface area contributed by atoms with Crippen LogP contribution in [-0.4, -0.2) is 19.6 Å². The molecule has 0 aliphatic rings. The molecular weight excluding hydrogens is 323 g/mol. The second-order valence-electron chi connectivity index (χ2n) is 5.82. The molecule has 21 heavy (non-hydrogen) atoms. The zero-order valence-corrected chi connectivity index (χ0v) is 15.4. The standard InChI is InChI=1S/C19H30OSe/c1-3-4-5-6-7-8-9-10-11-16-19(20)21-18-15-13-12-14-17(18)2/h12-15H,3-11,16H2,1-2H3. The molecule has 118 valence electrons. The summed E-state index contributed by atoms with van der Waals surface area (Å²) in [6.07, 6.45) is 12.6. The fourth-order valence-corrected chi connectivity index (χ4v) is 4.24. The number of rotatable bonds is 12. The summed E-state index contributed by atoms with van der Waals surface area (Å²) in [6, 6.07) is 8.28. The van der Waals surface area contributed by atoms with Gasteiger partial charge >= 0.3 is 137 Å². The Bertz CT molecular complexity index is 400. The summed E-state index contributed by atoms with van der Waals surface area (Å²) in [6.45, 7) is 4.36. The number of hydrogen-bond acceptors (Lipinski definition) is 1. The Hall–Kier alpha value is -0.591. The Labute approximate surface area is 137 Å². The number of carbonyl (C=O) groups is 1. The van der Waals surface area contributed by atoms with Gasteiger partial charge in [0, 0.05) is 0 Å². The van der Waals surface area contributed by atoms with Gasteiger partial charge in [-0.05, 0) is 0 Å². The molecule has 0 atom stereocenters. The second kappa shape index (κ2) is 12.0. The van der Waals surface area contributed by atoms with Crippen molar-refractivity contribution in [3.05, 3.63) is 29.8 Å². The minimum absolute atomic E-state index is 0.0193. The summed E-state index contributed by atoms with van der Waals surface area (Å²) >= 11 is 0.0193. The predicted molar refractivity (Wildman–Crippen MR) is 93.4 cm³/mol. The van der Waals surface area contributed by atoms with Gasteiger partial charge in [0.1, 0.15) is 0 Å². The number of carbonyl (C=O) groups excluding carboxylic acids is 1. The third kappa shape index (κ3) is 9.11. The summed E-state index contributed by atoms with van der Waals surface area (Å²) < 4.78 is 1.71. The number of aryl methyl sites for hydroxylation is 1.